The summed E-state index contributed by atoms with van der Waals surface area (Å²) in [4.78, 5) is 12.5. The van der Waals surface area contributed by atoms with Gasteiger partial charge in [0.2, 0.25) is 0 Å². The lowest BCUT2D eigenvalue weighted by Crippen LogP contribution is -2.42. The van der Waals surface area contributed by atoms with Gasteiger partial charge in [0.1, 0.15) is 31.3 Å². The van der Waals surface area contributed by atoms with Crippen molar-refractivity contribution in [1.82, 2.24) is 4.57 Å². The lowest BCUT2D eigenvalue weighted by Gasteiger charge is -2.38. The summed E-state index contributed by atoms with van der Waals surface area (Å²) < 4.78 is 12.8. The van der Waals surface area contributed by atoms with Crippen LogP contribution in [0.3, 0.4) is 0 Å². The lowest BCUT2D eigenvalue weighted by molar-refractivity contribution is -0.868. The third kappa shape index (κ3) is 5.67. The Hall–Kier alpha value is -2.80. The molecule has 0 spiro atoms. The number of halogens is 1. The molecule has 3 aromatic rings. The van der Waals surface area contributed by atoms with Crippen LogP contribution < -0.4 is 15.0 Å². The Bertz CT molecular complexity index is 1060. The second-order valence-corrected chi connectivity index (χ2v) is 8.20. The van der Waals surface area contributed by atoms with Crippen LogP contribution in [0.5, 0.6) is 11.5 Å². The molecule has 2 heterocycles. The highest BCUT2D eigenvalue weighted by Crippen LogP contribution is 2.19. The van der Waals surface area contributed by atoms with E-state index in [0.29, 0.717) is 49.4 Å². The van der Waals surface area contributed by atoms with Gasteiger partial charge in [-0.05, 0) is 48.0 Å². The summed E-state index contributed by atoms with van der Waals surface area (Å²) in [6.45, 7) is 2.59. The Morgan fingerprint density at radius 2 is 1.65 bits per heavy atom. The van der Waals surface area contributed by atoms with E-state index in [1.807, 2.05) is 36.4 Å². The summed E-state index contributed by atoms with van der Waals surface area (Å²) in [7, 11) is 0. The SMILES string of the molecule is O=c1cc(OCc2ccc(Cl)cc2)ccn1-c1ccc(OCC[N+]2([O-])CCCC2)cc1. The summed E-state index contributed by atoms with van der Waals surface area (Å²) in [5.74, 6) is 1.19. The third-order valence-corrected chi connectivity index (χ3v) is 5.73. The van der Waals surface area contributed by atoms with Crippen LogP contribution in [0.1, 0.15) is 18.4 Å². The smallest absolute Gasteiger partial charge is 0.258 e. The van der Waals surface area contributed by atoms with Crippen molar-refractivity contribution in [3.05, 3.63) is 93.0 Å². The van der Waals surface area contributed by atoms with Gasteiger partial charge in [0.15, 0.2) is 0 Å². The van der Waals surface area contributed by atoms with Crippen molar-refractivity contribution in [2.45, 2.75) is 19.4 Å². The molecule has 7 heteroatoms. The van der Waals surface area contributed by atoms with Crippen LogP contribution in [-0.4, -0.2) is 35.5 Å². The highest BCUT2D eigenvalue weighted by atomic mass is 35.5. The van der Waals surface area contributed by atoms with Gasteiger partial charge in [0.05, 0.1) is 13.1 Å². The average molecular weight is 441 g/mol. The number of hydroxylamine groups is 3. The molecule has 1 fully saturated rings. The number of pyridine rings is 1. The van der Waals surface area contributed by atoms with Gasteiger partial charge < -0.3 is 19.3 Å². The Labute approximate surface area is 186 Å². The van der Waals surface area contributed by atoms with Crippen molar-refractivity contribution in [1.29, 1.82) is 0 Å². The standard InChI is InChI=1S/C24H25ClN2O4/c25-20-5-3-19(4-6-20)18-31-23-11-12-26(24(28)17-23)21-7-9-22(10-8-21)30-16-15-27(29)13-1-2-14-27/h3-12,17H,1-2,13-16,18H2. The van der Waals surface area contributed by atoms with E-state index in [1.165, 1.54) is 6.07 Å². The van der Waals surface area contributed by atoms with Crippen LogP contribution in [-0.2, 0) is 6.61 Å². The fourth-order valence-electron chi connectivity index (χ4n) is 3.68. The first-order chi connectivity index (χ1) is 15.0. The van der Waals surface area contributed by atoms with Crippen molar-refractivity contribution >= 4 is 11.6 Å². The van der Waals surface area contributed by atoms with Gasteiger partial charge in [0.25, 0.3) is 5.56 Å². The van der Waals surface area contributed by atoms with E-state index in [4.69, 9.17) is 21.1 Å². The molecule has 6 nitrogen and oxygen atoms in total. The van der Waals surface area contributed by atoms with Crippen LogP contribution in [0, 0.1) is 5.21 Å². The first-order valence-corrected chi connectivity index (χ1v) is 10.8. The van der Waals surface area contributed by atoms with Gasteiger partial charge in [-0.25, -0.2) is 0 Å². The molecule has 0 N–H and O–H groups in total. The summed E-state index contributed by atoms with van der Waals surface area (Å²) in [6.07, 6.45) is 3.68. The van der Waals surface area contributed by atoms with Crippen molar-refractivity contribution < 1.29 is 14.1 Å². The first-order valence-electron chi connectivity index (χ1n) is 10.4. The number of benzene rings is 2. The first kappa shape index (κ1) is 21.4. The van der Waals surface area contributed by atoms with Crippen LogP contribution in [0.2, 0.25) is 5.02 Å². The Kier molecular flexibility index (Phi) is 6.61. The number of rotatable bonds is 8. The predicted octanol–water partition coefficient (Wildman–Crippen LogP) is 4.56. The molecule has 162 valence electrons. The molecule has 0 saturated carbocycles. The largest absolute Gasteiger partial charge is 0.633 e. The minimum Gasteiger partial charge on any atom is -0.633 e. The van der Waals surface area contributed by atoms with Gasteiger partial charge in [-0.3, -0.25) is 9.36 Å². The van der Waals surface area contributed by atoms with Gasteiger partial charge in [-0.2, -0.15) is 0 Å². The quantitative estimate of drug-likeness (QED) is 0.380. The molecule has 0 unspecified atom stereocenters. The van der Waals surface area contributed by atoms with E-state index in [-0.39, 0.29) is 10.2 Å². The van der Waals surface area contributed by atoms with Crippen molar-refractivity contribution in [2.24, 2.45) is 0 Å². The Morgan fingerprint density at radius 3 is 2.32 bits per heavy atom. The van der Waals surface area contributed by atoms with E-state index in [1.54, 1.807) is 29.0 Å². The van der Waals surface area contributed by atoms with Crippen molar-refractivity contribution in [3.8, 4) is 17.2 Å². The summed E-state index contributed by atoms with van der Waals surface area (Å²) in [5.41, 5.74) is 1.52. The second-order valence-electron chi connectivity index (χ2n) is 7.76. The van der Waals surface area contributed by atoms with Crippen molar-refractivity contribution in [2.75, 3.05) is 26.2 Å². The maximum absolute atomic E-state index is 12.5. The molecular weight excluding hydrogens is 416 g/mol. The number of aromatic nitrogens is 1. The zero-order valence-electron chi connectivity index (χ0n) is 17.2. The number of ether oxygens (including phenoxy) is 2. The highest BCUT2D eigenvalue weighted by Gasteiger charge is 2.22. The topological polar surface area (TPSA) is 63.5 Å². The molecule has 1 aliphatic heterocycles. The van der Waals surface area contributed by atoms with Gasteiger partial charge in [-0.1, -0.05) is 23.7 Å². The number of nitrogens with zero attached hydrogens (tertiary/aromatic N) is 2. The monoisotopic (exact) mass is 440 g/mol. The zero-order chi connectivity index (χ0) is 21.7. The van der Waals surface area contributed by atoms with Gasteiger partial charge >= 0.3 is 0 Å². The summed E-state index contributed by atoms with van der Waals surface area (Å²) in [6, 6.07) is 17.9. The molecule has 0 atom stereocenters. The number of hydrogen-bond donors (Lipinski definition) is 0. The zero-order valence-corrected chi connectivity index (χ0v) is 18.0. The summed E-state index contributed by atoms with van der Waals surface area (Å²) in [5, 5.41) is 13.0. The van der Waals surface area contributed by atoms with Crippen LogP contribution >= 0.6 is 11.6 Å². The number of quaternary nitrogens is 1. The van der Waals surface area contributed by atoms with Crippen LogP contribution in [0.4, 0.5) is 0 Å². The van der Waals surface area contributed by atoms with Gasteiger partial charge in [-0.15, -0.1) is 0 Å². The Morgan fingerprint density at radius 1 is 0.935 bits per heavy atom. The minimum atomic E-state index is -0.186. The maximum Gasteiger partial charge on any atom is 0.258 e. The van der Waals surface area contributed by atoms with E-state index in [9.17, 15) is 10.0 Å². The van der Waals surface area contributed by atoms with E-state index >= 15 is 0 Å². The molecule has 0 aliphatic carbocycles. The molecule has 2 aromatic carbocycles. The maximum atomic E-state index is 12.5. The minimum absolute atomic E-state index is 0.153. The fourth-order valence-corrected chi connectivity index (χ4v) is 3.81. The molecule has 1 saturated heterocycles. The van der Waals surface area contributed by atoms with E-state index in [0.717, 1.165) is 24.1 Å². The van der Waals surface area contributed by atoms with Crippen LogP contribution in [0.25, 0.3) is 5.69 Å². The molecule has 31 heavy (non-hydrogen) atoms. The fraction of sp³-hybridized carbons (Fsp3) is 0.292. The molecule has 1 aromatic heterocycles. The van der Waals surface area contributed by atoms with Gasteiger partial charge in [0, 0.05) is 35.8 Å². The summed E-state index contributed by atoms with van der Waals surface area (Å²) >= 11 is 5.89. The average Bonchev–Trinajstić information content (AvgIpc) is 3.20. The highest BCUT2D eigenvalue weighted by molar-refractivity contribution is 6.30. The molecule has 0 radical (unpaired) electrons. The number of hydrogen-bond acceptors (Lipinski definition) is 4. The van der Waals surface area contributed by atoms with Crippen molar-refractivity contribution in [3.63, 3.8) is 0 Å². The second kappa shape index (κ2) is 9.56. The Balaban J connectivity index is 1.34. The lowest BCUT2D eigenvalue weighted by atomic mass is 10.2. The molecule has 4 rings (SSSR count). The molecule has 0 amide bonds. The molecular formula is C24H25ClN2O4. The third-order valence-electron chi connectivity index (χ3n) is 5.47. The molecule has 1 aliphatic rings. The van der Waals surface area contributed by atoms with Crippen LogP contribution in [0.15, 0.2) is 71.7 Å². The normalized spacial score (nSPS) is 15.0. The van der Waals surface area contributed by atoms with E-state index in [2.05, 4.69) is 0 Å². The predicted molar refractivity (Wildman–Crippen MR) is 121 cm³/mol. The number of likely N-dealkylation sites (tertiary alicyclic amines) is 1. The van der Waals surface area contributed by atoms with E-state index < -0.39 is 0 Å². The molecule has 0 bridgehead atoms.